The second-order valence-corrected chi connectivity index (χ2v) is 16.3. The van der Waals surface area contributed by atoms with E-state index in [9.17, 15) is 22.8 Å². The summed E-state index contributed by atoms with van der Waals surface area (Å²) in [5.41, 5.74) is 4.80. The maximum Gasteiger partial charge on any atom is 0.416 e. The number of hydrogen-bond acceptors (Lipinski definition) is 9. The average Bonchev–Trinajstić information content (AvgIpc) is 3.71. The summed E-state index contributed by atoms with van der Waals surface area (Å²) < 4.78 is 39.4. The Morgan fingerprint density at radius 1 is 0.925 bits per heavy atom. The molecule has 0 radical (unpaired) electrons. The summed E-state index contributed by atoms with van der Waals surface area (Å²) in [7, 11) is -3.98. The van der Waals surface area contributed by atoms with Gasteiger partial charge in [0.2, 0.25) is 0 Å². The fourth-order valence-corrected chi connectivity index (χ4v) is 8.25. The Bertz CT molecular complexity index is 2270. The summed E-state index contributed by atoms with van der Waals surface area (Å²) in [6, 6.07) is 24.2. The Kier molecular flexibility index (Phi) is 9.54. The molecular weight excluding hydrogens is 695 g/mol. The van der Waals surface area contributed by atoms with E-state index in [1.165, 1.54) is 30.6 Å². The quantitative estimate of drug-likeness (QED) is 0.166. The molecule has 3 aromatic carbocycles. The molecule has 1 unspecified atom stereocenters. The number of amides is 2. The topological polar surface area (TPSA) is 141 Å². The van der Waals surface area contributed by atoms with Crippen molar-refractivity contribution in [3.63, 3.8) is 0 Å². The van der Waals surface area contributed by atoms with E-state index in [-0.39, 0.29) is 53.3 Å². The Morgan fingerprint density at radius 3 is 2.25 bits per heavy atom. The predicted molar refractivity (Wildman–Crippen MR) is 199 cm³/mol. The van der Waals surface area contributed by atoms with E-state index in [0.717, 1.165) is 36.7 Å². The lowest BCUT2D eigenvalue weighted by atomic mass is 9.93. The van der Waals surface area contributed by atoms with Crippen molar-refractivity contribution in [1.29, 1.82) is 0 Å². The number of nitrogens with zero attached hydrogens (tertiary/aromatic N) is 5. The minimum atomic E-state index is -3.98. The van der Waals surface area contributed by atoms with E-state index in [1.54, 1.807) is 37.8 Å². The third-order valence-corrected chi connectivity index (χ3v) is 11.3. The van der Waals surface area contributed by atoms with Crippen LogP contribution in [0.15, 0.2) is 96.2 Å². The van der Waals surface area contributed by atoms with E-state index < -0.39 is 33.7 Å². The molecule has 1 aliphatic carbocycles. The van der Waals surface area contributed by atoms with Crippen LogP contribution in [0.3, 0.4) is 0 Å². The number of hydrogen-bond donors (Lipinski definition) is 0. The zero-order chi connectivity index (χ0) is 37.5. The molecule has 53 heavy (non-hydrogen) atoms. The molecule has 1 fully saturated rings. The molecule has 1 saturated heterocycles. The molecule has 2 aliphatic rings. The summed E-state index contributed by atoms with van der Waals surface area (Å²) in [6.45, 7) is 7.37. The second kappa shape index (κ2) is 14.1. The Labute approximate surface area is 308 Å². The van der Waals surface area contributed by atoms with Crippen LogP contribution in [-0.4, -0.2) is 77.1 Å². The lowest BCUT2D eigenvalue weighted by Gasteiger charge is -2.33. The zero-order valence-electron chi connectivity index (χ0n) is 30.1. The lowest BCUT2D eigenvalue weighted by molar-refractivity contribution is -0.123. The van der Waals surface area contributed by atoms with Crippen LogP contribution < -0.4 is 4.90 Å². The normalized spacial score (nSPS) is 15.8. The van der Waals surface area contributed by atoms with Crippen molar-refractivity contribution in [1.82, 2.24) is 18.8 Å². The van der Waals surface area contributed by atoms with Crippen molar-refractivity contribution in [2.75, 3.05) is 31.1 Å². The number of fused-ring (bicyclic) bond motifs is 4. The molecule has 5 aromatic rings. The number of carbonyl (C=O) groups excluding carboxylic acids is 3. The number of aromatic nitrogens is 3. The first-order valence-electron chi connectivity index (χ1n) is 17.6. The summed E-state index contributed by atoms with van der Waals surface area (Å²) in [5.74, 6) is -0.913. The maximum atomic E-state index is 13.9. The highest BCUT2D eigenvalue weighted by Crippen LogP contribution is 2.44. The Balaban J connectivity index is 1.07. The van der Waals surface area contributed by atoms with Gasteiger partial charge in [-0.15, -0.1) is 0 Å². The van der Waals surface area contributed by atoms with Crippen LogP contribution in [0.2, 0.25) is 0 Å². The number of Topliss-reactive ketones (excluding diaryl/α,β-unsaturated/α-hetero) is 1. The SMILES string of the molecule is Cc1ccc(S(=O)(=O)n2ccc3nc(N(CC(=O)C4CCCN(C(=O)OCC5c6ccccc6-c6ccccc65)C4)C(=O)OC(C)(C)C)cnc32)cc1. The van der Waals surface area contributed by atoms with Crippen molar-refractivity contribution in [3.05, 3.63) is 108 Å². The number of rotatable bonds is 8. The van der Waals surface area contributed by atoms with E-state index >= 15 is 0 Å². The largest absolute Gasteiger partial charge is 0.448 e. The molecule has 0 saturated carbocycles. The first-order valence-corrected chi connectivity index (χ1v) is 19.0. The summed E-state index contributed by atoms with van der Waals surface area (Å²) in [5, 5.41) is 0. The summed E-state index contributed by atoms with van der Waals surface area (Å²) in [4.78, 5) is 52.5. The van der Waals surface area contributed by atoms with Crippen LogP contribution in [0.4, 0.5) is 15.4 Å². The molecule has 2 aromatic heterocycles. The molecule has 3 heterocycles. The van der Waals surface area contributed by atoms with Crippen LogP contribution in [-0.2, 0) is 24.3 Å². The lowest BCUT2D eigenvalue weighted by Crippen LogP contribution is -2.47. The van der Waals surface area contributed by atoms with Gasteiger partial charge in [-0.2, -0.15) is 0 Å². The number of ether oxygens (including phenoxy) is 2. The van der Waals surface area contributed by atoms with Crippen molar-refractivity contribution >= 4 is 45.0 Å². The second-order valence-electron chi connectivity index (χ2n) is 14.5. The summed E-state index contributed by atoms with van der Waals surface area (Å²) in [6.07, 6.45) is 2.42. The van der Waals surface area contributed by atoms with Crippen molar-refractivity contribution in [2.24, 2.45) is 5.92 Å². The van der Waals surface area contributed by atoms with Gasteiger partial charge >= 0.3 is 12.2 Å². The van der Waals surface area contributed by atoms with E-state index in [4.69, 9.17) is 9.47 Å². The van der Waals surface area contributed by atoms with Crippen molar-refractivity contribution < 1.29 is 32.3 Å². The van der Waals surface area contributed by atoms with Crippen LogP contribution in [0.5, 0.6) is 0 Å². The zero-order valence-corrected chi connectivity index (χ0v) is 30.9. The number of aryl methyl sites for hydroxylation is 1. The van der Waals surface area contributed by atoms with E-state index in [1.807, 2.05) is 31.2 Å². The Morgan fingerprint density at radius 2 is 1.58 bits per heavy atom. The van der Waals surface area contributed by atoms with Crippen molar-refractivity contribution in [2.45, 2.75) is 57.0 Å². The molecule has 13 heteroatoms. The predicted octanol–water partition coefficient (Wildman–Crippen LogP) is 6.95. The van der Waals surface area contributed by atoms with Gasteiger partial charge in [-0.25, -0.2) is 31.9 Å². The molecule has 2 amide bonds. The minimum absolute atomic E-state index is 0.0229. The van der Waals surface area contributed by atoms with Crippen LogP contribution >= 0.6 is 0 Å². The van der Waals surface area contributed by atoms with Gasteiger partial charge in [0.1, 0.15) is 17.7 Å². The first kappa shape index (κ1) is 35.8. The molecule has 1 aliphatic heterocycles. The van der Waals surface area contributed by atoms with Gasteiger partial charge in [0.05, 0.1) is 17.6 Å². The molecular formula is C40H41N5O7S. The fourth-order valence-electron chi connectivity index (χ4n) is 6.96. The molecule has 7 rings (SSSR count). The van der Waals surface area contributed by atoms with Crippen LogP contribution in [0.1, 0.15) is 56.2 Å². The summed E-state index contributed by atoms with van der Waals surface area (Å²) >= 11 is 0. The van der Waals surface area contributed by atoms with Crippen LogP contribution in [0, 0.1) is 12.8 Å². The smallest absolute Gasteiger partial charge is 0.416 e. The van der Waals surface area contributed by atoms with Gasteiger partial charge in [-0.1, -0.05) is 66.2 Å². The number of carbonyl (C=O) groups is 3. The molecule has 12 nitrogen and oxygen atoms in total. The first-order chi connectivity index (χ1) is 25.3. The Hall–Kier alpha value is -5.56. The number of anilines is 1. The highest BCUT2D eigenvalue weighted by molar-refractivity contribution is 7.90. The number of benzene rings is 3. The van der Waals surface area contributed by atoms with Gasteiger partial charge in [-0.3, -0.25) is 9.69 Å². The molecule has 0 N–H and O–H groups in total. The molecule has 0 bridgehead atoms. The number of ketones is 1. The molecule has 274 valence electrons. The van der Waals surface area contributed by atoms with E-state index in [2.05, 4.69) is 34.2 Å². The number of likely N-dealkylation sites (tertiary alicyclic amines) is 1. The average molecular weight is 736 g/mol. The maximum absolute atomic E-state index is 13.9. The highest BCUT2D eigenvalue weighted by atomic mass is 32.2. The van der Waals surface area contributed by atoms with E-state index in [0.29, 0.717) is 19.4 Å². The van der Waals surface area contributed by atoms with Crippen molar-refractivity contribution in [3.8, 4) is 11.1 Å². The number of piperidine rings is 1. The molecule has 0 spiro atoms. The minimum Gasteiger partial charge on any atom is -0.448 e. The van der Waals surface area contributed by atoms with Crippen LogP contribution in [0.25, 0.3) is 22.3 Å². The monoisotopic (exact) mass is 735 g/mol. The van der Waals surface area contributed by atoms with Gasteiger partial charge in [0.15, 0.2) is 17.2 Å². The van der Waals surface area contributed by atoms with Gasteiger partial charge in [0.25, 0.3) is 10.0 Å². The third-order valence-electron chi connectivity index (χ3n) is 9.60. The fraction of sp³-hybridized carbons (Fsp3) is 0.325. The molecule has 1 atom stereocenters. The van der Waals surface area contributed by atoms with Gasteiger partial charge < -0.3 is 14.4 Å². The van der Waals surface area contributed by atoms with Gasteiger partial charge in [0, 0.05) is 31.1 Å². The standard InChI is InChI=1S/C40H41N5O7S/c1-26-15-17-28(18-16-26)53(49,50)45-21-19-34-37(45)41-22-36(42-34)44(39(48)52-40(2,3)4)24-35(46)27-10-9-20-43(23-27)38(47)51-25-33-31-13-7-5-11-29(31)30-12-6-8-14-32(30)33/h5-8,11-19,21-22,27,33H,9-10,20,23-25H2,1-4H3. The third kappa shape index (κ3) is 7.25. The van der Waals surface area contributed by atoms with Gasteiger partial charge in [-0.05, 0) is 81.0 Å². The highest BCUT2D eigenvalue weighted by Gasteiger charge is 2.35.